The Kier molecular flexibility index (Phi) is 17.1. The van der Waals surface area contributed by atoms with E-state index < -0.39 is 65.7 Å². The van der Waals surface area contributed by atoms with Gasteiger partial charge in [0.2, 0.25) is 29.5 Å². The van der Waals surface area contributed by atoms with E-state index in [1.54, 1.807) is 6.92 Å². The van der Waals surface area contributed by atoms with Gasteiger partial charge in [-0.25, -0.2) is 4.79 Å². The first kappa shape index (κ1) is 37.1. The molecule has 0 saturated heterocycles. The summed E-state index contributed by atoms with van der Waals surface area (Å²) in [6.07, 6.45) is 0.753. The molecule has 14 heteroatoms. The number of carbonyl (C=O) groups excluding carboxylic acids is 5. The molecule has 0 spiro atoms. The first-order valence-corrected chi connectivity index (χ1v) is 14.3. The Bertz CT molecular complexity index is 886. The standard InChI is InChI=1S/C26H48N6O7S/c1-7-15(6)21(28)25(37)29-16(8-9-20(27)33)22(34)30-17(10-13(2)3)23(35)31-18(11-14(4)5)24(36)32-19(12-40)26(38)39/h13-19,21,40H,7-12,28H2,1-6H3,(H2,27,33)(H,29,37)(H,30,34)(H,31,35)(H,32,36)(H,38,39)/t15-,16-,17-,18-,19-,21-/m0/s1. The number of carboxylic acids is 1. The molecule has 0 bridgehead atoms. The number of nitrogens with one attached hydrogen (secondary N) is 4. The molecule has 0 unspecified atom stereocenters. The minimum Gasteiger partial charge on any atom is -0.480 e. The molecule has 6 atom stereocenters. The number of rotatable bonds is 19. The van der Waals surface area contributed by atoms with Crippen LogP contribution in [0.2, 0.25) is 0 Å². The van der Waals surface area contributed by atoms with E-state index in [-0.39, 0.29) is 49.2 Å². The molecule has 0 fully saturated rings. The minimum atomic E-state index is -1.26. The number of hydrogen-bond acceptors (Lipinski definition) is 8. The summed E-state index contributed by atoms with van der Waals surface area (Å²) in [5.41, 5.74) is 11.2. The van der Waals surface area contributed by atoms with E-state index in [9.17, 15) is 33.9 Å². The summed E-state index contributed by atoms with van der Waals surface area (Å²) >= 11 is 3.95. The summed E-state index contributed by atoms with van der Waals surface area (Å²) in [6.45, 7) is 11.0. The van der Waals surface area contributed by atoms with Crippen molar-refractivity contribution in [3.05, 3.63) is 0 Å². The Hall–Kier alpha value is -2.87. The van der Waals surface area contributed by atoms with Crippen LogP contribution in [-0.2, 0) is 28.8 Å². The molecular formula is C26H48N6O7S. The van der Waals surface area contributed by atoms with Crippen LogP contribution in [0.25, 0.3) is 0 Å². The van der Waals surface area contributed by atoms with Crippen molar-refractivity contribution in [2.24, 2.45) is 29.2 Å². The van der Waals surface area contributed by atoms with Crippen molar-refractivity contribution >= 4 is 48.1 Å². The average Bonchev–Trinajstić information content (AvgIpc) is 2.86. The lowest BCUT2D eigenvalue weighted by atomic mass is 9.98. The lowest BCUT2D eigenvalue weighted by molar-refractivity contribution is -0.141. The van der Waals surface area contributed by atoms with Gasteiger partial charge in [-0.1, -0.05) is 48.0 Å². The van der Waals surface area contributed by atoms with Gasteiger partial charge >= 0.3 is 5.97 Å². The largest absolute Gasteiger partial charge is 0.480 e. The molecule has 0 aliphatic rings. The van der Waals surface area contributed by atoms with Gasteiger partial charge in [-0.2, -0.15) is 12.6 Å². The van der Waals surface area contributed by atoms with Crippen LogP contribution in [0.15, 0.2) is 0 Å². The van der Waals surface area contributed by atoms with Gasteiger partial charge in [-0.05, 0) is 37.0 Å². The van der Waals surface area contributed by atoms with Crippen molar-refractivity contribution in [1.82, 2.24) is 21.3 Å². The molecule has 0 aliphatic carbocycles. The second-order valence-electron chi connectivity index (χ2n) is 10.9. The Morgan fingerprint density at radius 1 is 0.725 bits per heavy atom. The maximum Gasteiger partial charge on any atom is 0.327 e. The Labute approximate surface area is 242 Å². The zero-order chi connectivity index (χ0) is 31.2. The summed E-state index contributed by atoms with van der Waals surface area (Å²) in [4.78, 5) is 74.9. The molecule has 0 radical (unpaired) electrons. The lowest BCUT2D eigenvalue weighted by Gasteiger charge is -2.28. The number of carboxylic acid groups (broad SMARTS) is 1. The van der Waals surface area contributed by atoms with E-state index in [1.165, 1.54) is 0 Å². The molecule has 13 nitrogen and oxygen atoms in total. The van der Waals surface area contributed by atoms with Crippen LogP contribution < -0.4 is 32.7 Å². The molecule has 0 heterocycles. The van der Waals surface area contributed by atoms with Crippen LogP contribution in [0.1, 0.15) is 73.6 Å². The first-order chi connectivity index (χ1) is 18.5. The normalized spacial score (nSPS) is 15.8. The molecule has 230 valence electrons. The van der Waals surface area contributed by atoms with Crippen molar-refractivity contribution in [3.63, 3.8) is 0 Å². The molecule has 9 N–H and O–H groups in total. The van der Waals surface area contributed by atoms with E-state index in [4.69, 9.17) is 11.5 Å². The fraction of sp³-hybridized carbons (Fsp3) is 0.769. The molecule has 0 aliphatic heterocycles. The highest BCUT2D eigenvalue weighted by atomic mass is 32.1. The Morgan fingerprint density at radius 3 is 1.48 bits per heavy atom. The monoisotopic (exact) mass is 588 g/mol. The molecule has 0 rings (SSSR count). The first-order valence-electron chi connectivity index (χ1n) is 13.6. The number of primary amides is 1. The van der Waals surface area contributed by atoms with Crippen LogP contribution >= 0.6 is 12.6 Å². The van der Waals surface area contributed by atoms with Gasteiger partial charge in [0, 0.05) is 12.2 Å². The van der Waals surface area contributed by atoms with Crippen LogP contribution in [0.4, 0.5) is 0 Å². The predicted octanol–water partition coefficient (Wildman–Crippen LogP) is -0.329. The van der Waals surface area contributed by atoms with Gasteiger partial charge in [0.25, 0.3) is 0 Å². The highest BCUT2D eigenvalue weighted by Crippen LogP contribution is 2.11. The van der Waals surface area contributed by atoms with Crippen molar-refractivity contribution in [2.45, 2.75) is 104 Å². The fourth-order valence-electron chi connectivity index (χ4n) is 3.74. The van der Waals surface area contributed by atoms with E-state index in [1.807, 2.05) is 34.6 Å². The van der Waals surface area contributed by atoms with Crippen molar-refractivity contribution < 1.29 is 33.9 Å². The second kappa shape index (κ2) is 18.5. The second-order valence-corrected chi connectivity index (χ2v) is 11.3. The molecule has 0 aromatic heterocycles. The highest BCUT2D eigenvalue weighted by Gasteiger charge is 2.32. The van der Waals surface area contributed by atoms with Crippen molar-refractivity contribution in [1.29, 1.82) is 0 Å². The summed E-state index contributed by atoms with van der Waals surface area (Å²) in [5, 5.41) is 19.5. The summed E-state index contributed by atoms with van der Waals surface area (Å²) < 4.78 is 0. The third kappa shape index (κ3) is 14.0. The maximum absolute atomic E-state index is 13.3. The number of aliphatic carboxylic acids is 1. The van der Waals surface area contributed by atoms with Crippen LogP contribution in [0, 0.1) is 17.8 Å². The third-order valence-corrected chi connectivity index (χ3v) is 6.71. The van der Waals surface area contributed by atoms with E-state index in [0.29, 0.717) is 6.42 Å². The minimum absolute atomic E-state index is 0.0309. The lowest BCUT2D eigenvalue weighted by Crippen LogP contribution is -2.59. The van der Waals surface area contributed by atoms with E-state index >= 15 is 0 Å². The molecule has 0 saturated carbocycles. The SMILES string of the molecule is CC[C@H](C)[C@H](N)C(=O)N[C@@H](CCC(N)=O)C(=O)N[C@@H](CC(C)C)C(=O)N[C@@H](CC(C)C)C(=O)N[C@@H](CS)C(=O)O. The summed E-state index contributed by atoms with van der Waals surface area (Å²) in [7, 11) is 0. The number of hydrogen-bond donors (Lipinski definition) is 8. The molecule has 0 aromatic carbocycles. The van der Waals surface area contributed by atoms with Crippen LogP contribution in [0.3, 0.4) is 0 Å². The molecule has 0 aromatic rings. The van der Waals surface area contributed by atoms with Crippen LogP contribution in [-0.4, -0.2) is 76.6 Å². The summed E-state index contributed by atoms with van der Waals surface area (Å²) in [5.74, 6) is -4.95. The maximum atomic E-state index is 13.3. The van der Waals surface area contributed by atoms with Gasteiger partial charge < -0.3 is 37.8 Å². The number of thiol groups is 1. The topological polar surface area (TPSA) is 223 Å². The van der Waals surface area contributed by atoms with E-state index in [0.717, 1.165) is 0 Å². The number of nitrogens with two attached hydrogens (primary N) is 2. The Balaban J connectivity index is 5.88. The zero-order valence-corrected chi connectivity index (χ0v) is 25.3. The van der Waals surface area contributed by atoms with Crippen molar-refractivity contribution in [2.75, 3.05) is 5.75 Å². The Morgan fingerprint density at radius 2 is 1.12 bits per heavy atom. The van der Waals surface area contributed by atoms with Gasteiger partial charge in [0.1, 0.15) is 24.2 Å². The predicted molar refractivity (Wildman–Crippen MR) is 154 cm³/mol. The number of amides is 5. The molecule has 5 amide bonds. The highest BCUT2D eigenvalue weighted by molar-refractivity contribution is 7.80. The van der Waals surface area contributed by atoms with Gasteiger partial charge in [0.15, 0.2) is 0 Å². The van der Waals surface area contributed by atoms with Gasteiger partial charge in [0.05, 0.1) is 6.04 Å². The van der Waals surface area contributed by atoms with E-state index in [2.05, 4.69) is 33.9 Å². The quantitative estimate of drug-likeness (QED) is 0.0931. The van der Waals surface area contributed by atoms with Gasteiger partial charge in [-0.15, -0.1) is 0 Å². The molecule has 40 heavy (non-hydrogen) atoms. The third-order valence-electron chi connectivity index (χ3n) is 6.35. The summed E-state index contributed by atoms with van der Waals surface area (Å²) in [6, 6.07) is -5.47. The number of carbonyl (C=O) groups is 6. The van der Waals surface area contributed by atoms with Gasteiger partial charge in [-0.3, -0.25) is 24.0 Å². The zero-order valence-electron chi connectivity index (χ0n) is 24.4. The molecular weight excluding hydrogens is 540 g/mol. The smallest absolute Gasteiger partial charge is 0.327 e. The van der Waals surface area contributed by atoms with Crippen molar-refractivity contribution in [3.8, 4) is 0 Å². The fourth-order valence-corrected chi connectivity index (χ4v) is 3.99. The average molecular weight is 589 g/mol. The van der Waals surface area contributed by atoms with Crippen LogP contribution in [0.5, 0.6) is 0 Å².